The van der Waals surface area contributed by atoms with Crippen LogP contribution in [0.15, 0.2) is 88.7 Å². The van der Waals surface area contributed by atoms with Crippen LogP contribution in [0.3, 0.4) is 0 Å². The fourth-order valence-corrected chi connectivity index (χ4v) is 8.52. The zero-order valence-electron chi connectivity index (χ0n) is 24.4. The van der Waals surface area contributed by atoms with E-state index < -0.39 is 51.4 Å². The highest BCUT2D eigenvalue weighted by atomic mass is 32.2. The average Bonchev–Trinajstić information content (AvgIpc) is 3.43. The molecule has 3 aromatic carbocycles. The molecule has 0 unspecified atom stereocenters. The predicted molar refractivity (Wildman–Crippen MR) is 168 cm³/mol. The van der Waals surface area contributed by atoms with Crippen LogP contribution in [-0.4, -0.2) is 27.5 Å². The number of imide groups is 1. The summed E-state index contributed by atoms with van der Waals surface area (Å²) in [5.74, 6) is -3.47. The molecule has 1 fully saturated rings. The smallest absolute Gasteiger partial charge is 0.325 e. The normalized spacial score (nSPS) is 19.8. The molecule has 0 spiro atoms. The van der Waals surface area contributed by atoms with Crippen LogP contribution in [0.1, 0.15) is 48.3 Å². The van der Waals surface area contributed by atoms with Gasteiger partial charge in [0.15, 0.2) is 0 Å². The van der Waals surface area contributed by atoms with Crippen molar-refractivity contribution in [2.45, 2.75) is 55.1 Å². The molecule has 2 aliphatic heterocycles. The summed E-state index contributed by atoms with van der Waals surface area (Å²) in [4.78, 5) is 55.3. The Morgan fingerprint density at radius 1 is 0.867 bits per heavy atom. The van der Waals surface area contributed by atoms with E-state index in [9.17, 15) is 32.3 Å². The average molecular weight is 652 g/mol. The van der Waals surface area contributed by atoms with E-state index in [0.29, 0.717) is 21.2 Å². The second-order valence-corrected chi connectivity index (χ2v) is 14.1. The van der Waals surface area contributed by atoms with Gasteiger partial charge >= 0.3 is 11.0 Å². The second kappa shape index (κ2) is 11.3. The van der Waals surface area contributed by atoms with Gasteiger partial charge in [0.1, 0.15) is 11.8 Å². The number of fused-ring (bicyclic) bond motifs is 2. The third kappa shape index (κ3) is 5.72. The molecule has 0 saturated carbocycles. The van der Waals surface area contributed by atoms with Gasteiger partial charge in [-0.1, -0.05) is 92.4 Å². The van der Waals surface area contributed by atoms with Crippen molar-refractivity contribution >= 4 is 52.2 Å². The zero-order valence-corrected chi connectivity index (χ0v) is 26.1. The molecule has 0 aliphatic carbocycles. The molecular formula is C33H28F3N3O4S2. The fraction of sp³-hybridized carbons (Fsp3) is 0.273. The van der Waals surface area contributed by atoms with E-state index >= 15 is 0 Å². The minimum Gasteiger partial charge on any atom is -0.325 e. The van der Waals surface area contributed by atoms with Crippen molar-refractivity contribution in [2.75, 3.05) is 10.2 Å². The highest BCUT2D eigenvalue weighted by molar-refractivity contribution is 8.00. The molecule has 2 aliphatic rings. The largest absolute Gasteiger partial charge is 0.416 e. The number of para-hydroxylation sites is 1. The first kappa shape index (κ1) is 30.8. The SMILES string of the molecule is CC(C)(C)c1ccc([C@@H]2c3sc(=O)n(CC(=O)Nc4ccccc4)c3S[C@H]3C(=O)N(c4cccc(C(F)(F)F)c4)C(=O)[C@@H]23)cc1. The second-order valence-electron chi connectivity index (χ2n) is 12.0. The number of halogens is 3. The third-order valence-corrected chi connectivity index (χ3v) is 10.6. The molecule has 0 bridgehead atoms. The highest BCUT2D eigenvalue weighted by Gasteiger charge is 2.57. The number of hydrogen-bond acceptors (Lipinski definition) is 6. The summed E-state index contributed by atoms with van der Waals surface area (Å²) >= 11 is 1.92. The van der Waals surface area contributed by atoms with E-state index in [1.54, 1.807) is 30.3 Å². The van der Waals surface area contributed by atoms with E-state index in [1.807, 2.05) is 24.3 Å². The first-order valence-corrected chi connectivity index (χ1v) is 15.8. The Bertz CT molecular complexity index is 1860. The summed E-state index contributed by atoms with van der Waals surface area (Å²) in [5.41, 5.74) is 0.977. The molecule has 1 N–H and O–H groups in total. The quantitative estimate of drug-likeness (QED) is 0.244. The van der Waals surface area contributed by atoms with Gasteiger partial charge in [0.2, 0.25) is 17.7 Å². The van der Waals surface area contributed by atoms with E-state index in [0.717, 1.165) is 51.8 Å². The molecule has 45 heavy (non-hydrogen) atoms. The summed E-state index contributed by atoms with van der Waals surface area (Å²) in [7, 11) is 0. The van der Waals surface area contributed by atoms with Crippen molar-refractivity contribution in [3.05, 3.63) is 110 Å². The van der Waals surface area contributed by atoms with Crippen LogP contribution in [-0.2, 0) is 32.5 Å². The summed E-state index contributed by atoms with van der Waals surface area (Å²) < 4.78 is 42.0. The third-order valence-electron chi connectivity index (χ3n) is 7.98. The maximum Gasteiger partial charge on any atom is 0.416 e. The lowest BCUT2D eigenvalue weighted by Crippen LogP contribution is -2.33. The summed E-state index contributed by atoms with van der Waals surface area (Å²) in [6.45, 7) is 5.86. The molecule has 3 atom stereocenters. The summed E-state index contributed by atoms with van der Waals surface area (Å²) in [6.07, 6.45) is -4.67. The summed E-state index contributed by atoms with van der Waals surface area (Å²) in [6, 6.07) is 20.5. The molecule has 232 valence electrons. The van der Waals surface area contributed by atoms with E-state index in [2.05, 4.69) is 26.1 Å². The number of nitrogens with zero attached hydrogens (tertiary/aromatic N) is 2. The lowest BCUT2D eigenvalue weighted by Gasteiger charge is -2.31. The van der Waals surface area contributed by atoms with Gasteiger partial charge in [-0.2, -0.15) is 13.2 Å². The van der Waals surface area contributed by atoms with E-state index in [1.165, 1.54) is 10.6 Å². The molecule has 12 heteroatoms. The highest BCUT2D eigenvalue weighted by Crippen LogP contribution is 2.54. The number of carbonyl (C=O) groups is 3. The Kier molecular flexibility index (Phi) is 7.77. The Balaban J connectivity index is 1.43. The number of anilines is 2. The minimum absolute atomic E-state index is 0.158. The number of carbonyl (C=O) groups excluding carboxylic acids is 3. The Morgan fingerprint density at radius 3 is 2.20 bits per heavy atom. The van der Waals surface area contributed by atoms with Crippen molar-refractivity contribution in [1.82, 2.24) is 4.57 Å². The van der Waals surface area contributed by atoms with Crippen LogP contribution in [0.4, 0.5) is 24.5 Å². The number of aromatic nitrogens is 1. The van der Waals surface area contributed by atoms with Gasteiger partial charge in [-0.15, -0.1) is 0 Å². The van der Waals surface area contributed by atoms with Gasteiger partial charge < -0.3 is 5.32 Å². The molecule has 1 aromatic heterocycles. The molecule has 7 nitrogen and oxygen atoms in total. The number of thiazole rings is 1. The van der Waals surface area contributed by atoms with Gasteiger partial charge in [0.25, 0.3) is 0 Å². The minimum atomic E-state index is -4.67. The fourth-order valence-electron chi connectivity index (χ4n) is 5.75. The van der Waals surface area contributed by atoms with Crippen molar-refractivity contribution in [3.63, 3.8) is 0 Å². The van der Waals surface area contributed by atoms with Crippen molar-refractivity contribution in [3.8, 4) is 0 Å². The van der Waals surface area contributed by atoms with Crippen molar-refractivity contribution < 1.29 is 27.6 Å². The number of alkyl halides is 3. The van der Waals surface area contributed by atoms with Crippen LogP contribution >= 0.6 is 23.1 Å². The van der Waals surface area contributed by atoms with Gasteiger partial charge in [0.05, 0.1) is 22.2 Å². The number of amides is 3. The predicted octanol–water partition coefficient (Wildman–Crippen LogP) is 6.66. The molecule has 6 rings (SSSR count). The number of nitrogens with one attached hydrogen (secondary N) is 1. The van der Waals surface area contributed by atoms with Crippen LogP contribution in [0.25, 0.3) is 0 Å². The lowest BCUT2D eigenvalue weighted by molar-refractivity contribution is -0.137. The van der Waals surface area contributed by atoms with Gasteiger partial charge in [0, 0.05) is 16.5 Å². The van der Waals surface area contributed by atoms with Crippen LogP contribution in [0.5, 0.6) is 0 Å². The van der Waals surface area contributed by atoms with Crippen LogP contribution in [0, 0.1) is 5.92 Å². The number of benzene rings is 3. The molecule has 3 amide bonds. The molecule has 0 radical (unpaired) electrons. The first-order valence-electron chi connectivity index (χ1n) is 14.1. The van der Waals surface area contributed by atoms with Crippen LogP contribution < -0.4 is 15.1 Å². The zero-order chi connectivity index (χ0) is 32.3. The van der Waals surface area contributed by atoms with Crippen LogP contribution in [0.2, 0.25) is 0 Å². The maximum absolute atomic E-state index is 14.1. The Morgan fingerprint density at radius 2 is 1.56 bits per heavy atom. The summed E-state index contributed by atoms with van der Waals surface area (Å²) in [5, 5.41) is 2.13. The monoisotopic (exact) mass is 651 g/mol. The molecule has 1 saturated heterocycles. The lowest BCUT2D eigenvalue weighted by atomic mass is 9.81. The Hall–Kier alpha value is -4.16. The number of rotatable bonds is 5. The van der Waals surface area contributed by atoms with E-state index in [4.69, 9.17) is 0 Å². The van der Waals surface area contributed by atoms with Gasteiger partial charge in [-0.25, -0.2) is 4.90 Å². The van der Waals surface area contributed by atoms with Gasteiger partial charge in [-0.3, -0.25) is 23.7 Å². The maximum atomic E-state index is 14.1. The van der Waals surface area contributed by atoms with Crippen molar-refractivity contribution in [1.29, 1.82) is 0 Å². The number of thioether (sulfide) groups is 1. The molecule has 4 aromatic rings. The van der Waals surface area contributed by atoms with Gasteiger partial charge in [-0.05, 0) is 46.9 Å². The van der Waals surface area contributed by atoms with Crippen molar-refractivity contribution in [2.24, 2.45) is 5.92 Å². The first-order chi connectivity index (χ1) is 21.2. The molecular weight excluding hydrogens is 624 g/mol. The Labute approximate surface area is 265 Å². The molecule has 3 heterocycles. The topological polar surface area (TPSA) is 88.5 Å². The number of hydrogen-bond donors (Lipinski definition) is 1. The standard InChI is InChI=1S/C33H28F3N3O4S2/c1-32(2,3)19-14-12-18(13-15-19)24-25-26(29(42)39(28(25)41)22-11-7-8-20(16-22)33(34,35)36)44-30-27(24)45-31(43)38(30)17-23(40)37-21-9-5-4-6-10-21/h4-16,24-26H,17H2,1-3H3,(H,37,40)/t24-,25-,26+/m0/s1. The van der Waals surface area contributed by atoms with E-state index in [-0.39, 0.29) is 17.6 Å².